The van der Waals surface area contributed by atoms with Gasteiger partial charge in [0.25, 0.3) is 0 Å². The highest BCUT2D eigenvalue weighted by molar-refractivity contribution is 7.99. The van der Waals surface area contributed by atoms with Crippen molar-refractivity contribution in [3.8, 4) is 5.75 Å². The number of rotatable bonds is 6. The lowest BCUT2D eigenvalue weighted by Crippen LogP contribution is -2.02. The van der Waals surface area contributed by atoms with Crippen molar-refractivity contribution in [1.29, 1.82) is 0 Å². The standard InChI is InChI=1S/C16H17FO2S/c1-12(18)15-8-7-13(11-16(15)17)19-9-10-20-14-5-3-2-4-6-14/h2-8,11-12,18H,9-10H2,1H3/t12-/m1/s1. The molecule has 0 fully saturated rings. The Kier molecular flexibility index (Phi) is 5.44. The molecule has 0 aliphatic rings. The molecule has 0 saturated heterocycles. The normalized spacial score (nSPS) is 12.2. The van der Waals surface area contributed by atoms with Gasteiger partial charge in [-0.05, 0) is 31.2 Å². The molecule has 1 atom stereocenters. The van der Waals surface area contributed by atoms with Crippen molar-refractivity contribution < 1.29 is 14.2 Å². The molecule has 2 rings (SSSR count). The number of ether oxygens (including phenoxy) is 1. The van der Waals surface area contributed by atoms with E-state index in [2.05, 4.69) is 0 Å². The molecule has 2 aromatic rings. The Labute approximate surface area is 122 Å². The first kappa shape index (κ1) is 14.9. The highest BCUT2D eigenvalue weighted by Crippen LogP contribution is 2.22. The van der Waals surface area contributed by atoms with Crippen molar-refractivity contribution in [2.24, 2.45) is 0 Å². The fraction of sp³-hybridized carbons (Fsp3) is 0.250. The van der Waals surface area contributed by atoms with E-state index in [1.165, 1.54) is 17.9 Å². The van der Waals surface area contributed by atoms with Gasteiger partial charge in [-0.15, -0.1) is 11.8 Å². The lowest BCUT2D eigenvalue weighted by atomic mass is 10.1. The predicted octanol–water partition coefficient (Wildman–Crippen LogP) is 4.05. The van der Waals surface area contributed by atoms with E-state index in [9.17, 15) is 9.50 Å². The summed E-state index contributed by atoms with van der Waals surface area (Å²) in [6.45, 7) is 2.04. The van der Waals surface area contributed by atoms with Crippen molar-refractivity contribution in [3.63, 3.8) is 0 Å². The lowest BCUT2D eigenvalue weighted by Gasteiger charge is -2.10. The smallest absolute Gasteiger partial charge is 0.132 e. The highest BCUT2D eigenvalue weighted by atomic mass is 32.2. The Morgan fingerprint density at radius 3 is 2.60 bits per heavy atom. The number of benzene rings is 2. The minimum atomic E-state index is -0.808. The second-order valence-electron chi connectivity index (χ2n) is 4.37. The number of hydrogen-bond acceptors (Lipinski definition) is 3. The second-order valence-corrected chi connectivity index (χ2v) is 5.54. The molecule has 0 bridgehead atoms. The highest BCUT2D eigenvalue weighted by Gasteiger charge is 2.08. The zero-order valence-corrected chi connectivity index (χ0v) is 12.1. The van der Waals surface area contributed by atoms with Crippen LogP contribution in [-0.4, -0.2) is 17.5 Å². The van der Waals surface area contributed by atoms with Crippen LogP contribution < -0.4 is 4.74 Å². The summed E-state index contributed by atoms with van der Waals surface area (Å²) in [7, 11) is 0. The molecule has 20 heavy (non-hydrogen) atoms. The van der Waals surface area contributed by atoms with Gasteiger partial charge in [-0.1, -0.05) is 18.2 Å². The zero-order chi connectivity index (χ0) is 14.4. The summed E-state index contributed by atoms with van der Waals surface area (Å²) in [5.74, 6) is 0.845. The maximum absolute atomic E-state index is 13.6. The van der Waals surface area contributed by atoms with Gasteiger partial charge < -0.3 is 9.84 Å². The SMILES string of the molecule is C[C@@H](O)c1ccc(OCCSc2ccccc2)cc1F. The largest absolute Gasteiger partial charge is 0.493 e. The first-order valence-corrected chi connectivity index (χ1v) is 7.43. The Balaban J connectivity index is 1.81. The fourth-order valence-electron chi connectivity index (χ4n) is 1.77. The van der Waals surface area contributed by atoms with Gasteiger partial charge in [-0.3, -0.25) is 0 Å². The van der Waals surface area contributed by atoms with Crippen molar-refractivity contribution in [3.05, 3.63) is 59.9 Å². The molecule has 0 aliphatic carbocycles. The van der Waals surface area contributed by atoms with Gasteiger partial charge >= 0.3 is 0 Å². The van der Waals surface area contributed by atoms with Gasteiger partial charge in [0.1, 0.15) is 11.6 Å². The van der Waals surface area contributed by atoms with E-state index >= 15 is 0 Å². The molecule has 0 amide bonds. The number of aliphatic hydroxyl groups is 1. The number of hydrogen-bond donors (Lipinski definition) is 1. The van der Waals surface area contributed by atoms with E-state index < -0.39 is 11.9 Å². The molecule has 2 nitrogen and oxygen atoms in total. The van der Waals surface area contributed by atoms with Crippen molar-refractivity contribution in [2.45, 2.75) is 17.9 Å². The third-order valence-electron chi connectivity index (χ3n) is 2.79. The third kappa shape index (κ3) is 4.25. The van der Waals surface area contributed by atoms with E-state index in [0.717, 1.165) is 5.75 Å². The summed E-state index contributed by atoms with van der Waals surface area (Å²) in [5.41, 5.74) is 0.288. The molecule has 0 unspecified atom stereocenters. The van der Waals surface area contributed by atoms with Gasteiger partial charge in [0.05, 0.1) is 12.7 Å². The summed E-state index contributed by atoms with van der Waals surface area (Å²) in [4.78, 5) is 1.19. The average molecular weight is 292 g/mol. The summed E-state index contributed by atoms with van der Waals surface area (Å²) < 4.78 is 19.1. The van der Waals surface area contributed by atoms with Crippen molar-refractivity contribution in [2.75, 3.05) is 12.4 Å². The molecule has 106 valence electrons. The van der Waals surface area contributed by atoms with Crippen LogP contribution in [0.25, 0.3) is 0 Å². The van der Waals surface area contributed by atoms with Crippen LogP contribution in [0.4, 0.5) is 4.39 Å². The fourth-order valence-corrected chi connectivity index (χ4v) is 2.52. The molecule has 1 N–H and O–H groups in total. The maximum Gasteiger partial charge on any atom is 0.132 e. The molecule has 0 saturated carbocycles. The summed E-state index contributed by atoms with van der Waals surface area (Å²) >= 11 is 1.69. The number of halogens is 1. The molecular formula is C16H17FO2S. The molecule has 4 heteroatoms. The average Bonchev–Trinajstić information content (AvgIpc) is 2.44. The van der Waals surface area contributed by atoms with E-state index in [4.69, 9.17) is 4.74 Å². The van der Waals surface area contributed by atoms with Crippen LogP contribution in [0.5, 0.6) is 5.75 Å². The second kappa shape index (κ2) is 7.31. The van der Waals surface area contributed by atoms with Crippen LogP contribution in [0.3, 0.4) is 0 Å². The Morgan fingerprint density at radius 2 is 1.95 bits per heavy atom. The first-order chi connectivity index (χ1) is 9.66. The lowest BCUT2D eigenvalue weighted by molar-refractivity contribution is 0.194. The molecular weight excluding hydrogens is 275 g/mol. The van der Waals surface area contributed by atoms with Gasteiger partial charge in [-0.25, -0.2) is 4.39 Å². The topological polar surface area (TPSA) is 29.5 Å². The van der Waals surface area contributed by atoms with Crippen LogP contribution in [0.1, 0.15) is 18.6 Å². The number of thioether (sulfide) groups is 1. The van der Waals surface area contributed by atoms with E-state index in [0.29, 0.717) is 12.4 Å². The van der Waals surface area contributed by atoms with Gasteiger partial charge in [0.2, 0.25) is 0 Å². The summed E-state index contributed by atoms with van der Waals surface area (Å²) in [6, 6.07) is 14.6. The maximum atomic E-state index is 13.6. The zero-order valence-electron chi connectivity index (χ0n) is 11.3. The quantitative estimate of drug-likeness (QED) is 0.643. The molecule has 0 aromatic heterocycles. The predicted molar refractivity (Wildman–Crippen MR) is 79.7 cm³/mol. The van der Waals surface area contributed by atoms with Crippen LogP contribution in [0.15, 0.2) is 53.4 Å². The first-order valence-electron chi connectivity index (χ1n) is 6.45. The summed E-state index contributed by atoms with van der Waals surface area (Å²) in [6.07, 6.45) is -0.808. The summed E-state index contributed by atoms with van der Waals surface area (Å²) in [5, 5.41) is 9.35. The van der Waals surface area contributed by atoms with Crippen molar-refractivity contribution >= 4 is 11.8 Å². The van der Waals surface area contributed by atoms with Crippen LogP contribution in [0.2, 0.25) is 0 Å². The Hall–Kier alpha value is -1.52. The Morgan fingerprint density at radius 1 is 1.20 bits per heavy atom. The molecule has 0 aliphatic heterocycles. The Bertz CT molecular complexity index is 543. The third-order valence-corrected chi connectivity index (χ3v) is 3.76. The van der Waals surface area contributed by atoms with E-state index in [1.807, 2.05) is 30.3 Å². The van der Waals surface area contributed by atoms with Gasteiger partial charge in [0.15, 0.2) is 0 Å². The number of aliphatic hydroxyl groups excluding tert-OH is 1. The van der Waals surface area contributed by atoms with Crippen LogP contribution in [0, 0.1) is 5.82 Å². The van der Waals surface area contributed by atoms with Crippen LogP contribution in [-0.2, 0) is 0 Å². The van der Waals surface area contributed by atoms with Gasteiger partial charge in [-0.2, -0.15) is 0 Å². The monoisotopic (exact) mass is 292 g/mol. The van der Waals surface area contributed by atoms with E-state index in [-0.39, 0.29) is 5.56 Å². The van der Waals surface area contributed by atoms with E-state index in [1.54, 1.807) is 23.9 Å². The van der Waals surface area contributed by atoms with Gasteiger partial charge in [0, 0.05) is 22.3 Å². The molecule has 0 spiro atoms. The molecule has 0 heterocycles. The minimum Gasteiger partial charge on any atom is -0.493 e. The van der Waals surface area contributed by atoms with Crippen molar-refractivity contribution in [1.82, 2.24) is 0 Å². The minimum absolute atomic E-state index is 0.288. The molecule has 2 aromatic carbocycles. The van der Waals surface area contributed by atoms with Crippen LogP contribution >= 0.6 is 11.8 Å². The molecule has 0 radical (unpaired) electrons.